The highest BCUT2D eigenvalue weighted by Gasteiger charge is 2.58. The summed E-state index contributed by atoms with van der Waals surface area (Å²) in [5, 5.41) is 12.9. The molecule has 1 aromatic carbocycles. The molecule has 0 spiro atoms. The third-order valence-electron chi connectivity index (χ3n) is 4.49. The second kappa shape index (κ2) is 4.93. The average Bonchev–Trinajstić information content (AvgIpc) is 2.42. The normalized spacial score (nSPS) is 30.4. The van der Waals surface area contributed by atoms with Gasteiger partial charge in [0.15, 0.2) is 5.60 Å². The van der Waals surface area contributed by atoms with Gasteiger partial charge in [-0.3, -0.25) is 4.79 Å². The molecule has 0 aliphatic heterocycles. The molecule has 0 bridgehead atoms. The minimum Gasteiger partial charge on any atom is -0.447 e. The van der Waals surface area contributed by atoms with Gasteiger partial charge in [0.1, 0.15) is 5.71 Å². The second-order valence-electron chi connectivity index (χ2n) is 5.62. The highest BCUT2D eigenvalue weighted by molar-refractivity contribution is 5.98. The highest BCUT2D eigenvalue weighted by Crippen LogP contribution is 2.57. The van der Waals surface area contributed by atoms with Crippen LogP contribution in [0.15, 0.2) is 29.4 Å². The van der Waals surface area contributed by atoms with Crippen LogP contribution in [0, 0.1) is 0 Å². The van der Waals surface area contributed by atoms with E-state index >= 15 is 0 Å². The Hall–Kier alpha value is -1.84. The fraction of sp³-hybridized carbons (Fsp3) is 0.500. The number of benzene rings is 1. The number of hydrogen-bond acceptors (Lipinski definition) is 4. The topological polar surface area (TPSA) is 58.9 Å². The van der Waals surface area contributed by atoms with Gasteiger partial charge in [-0.1, -0.05) is 42.3 Å². The smallest absolute Gasteiger partial charge is 0.303 e. The number of carbonyl (C=O) groups is 1. The van der Waals surface area contributed by atoms with E-state index in [1.165, 1.54) is 12.5 Å². The summed E-state index contributed by atoms with van der Waals surface area (Å²) in [6.07, 6.45) is 4.84. The van der Waals surface area contributed by atoms with E-state index in [2.05, 4.69) is 11.2 Å². The van der Waals surface area contributed by atoms with Crippen LogP contribution in [0.4, 0.5) is 0 Å². The first-order valence-corrected chi connectivity index (χ1v) is 7.20. The van der Waals surface area contributed by atoms with Gasteiger partial charge in [0, 0.05) is 18.4 Å². The Bertz CT molecular complexity index is 567. The molecule has 4 nitrogen and oxygen atoms in total. The summed E-state index contributed by atoms with van der Waals surface area (Å²) < 4.78 is 5.71. The molecule has 2 unspecified atom stereocenters. The third-order valence-corrected chi connectivity index (χ3v) is 4.49. The maximum Gasteiger partial charge on any atom is 0.303 e. The molecule has 2 aliphatic carbocycles. The van der Waals surface area contributed by atoms with Crippen molar-refractivity contribution in [3.8, 4) is 0 Å². The number of esters is 1. The van der Waals surface area contributed by atoms with Gasteiger partial charge in [0.05, 0.1) is 0 Å². The lowest BCUT2D eigenvalue weighted by molar-refractivity contribution is -0.156. The fourth-order valence-electron chi connectivity index (χ4n) is 3.72. The Morgan fingerprint density at radius 3 is 2.90 bits per heavy atom. The summed E-state index contributed by atoms with van der Waals surface area (Å²) in [6, 6.07) is 8.00. The van der Waals surface area contributed by atoms with E-state index in [9.17, 15) is 10.0 Å². The summed E-state index contributed by atoms with van der Waals surface area (Å²) in [6.45, 7) is 1.42. The van der Waals surface area contributed by atoms with Gasteiger partial charge >= 0.3 is 5.97 Å². The molecule has 2 aliphatic rings. The Labute approximate surface area is 118 Å². The van der Waals surface area contributed by atoms with Gasteiger partial charge in [-0.05, 0) is 24.8 Å². The van der Waals surface area contributed by atoms with Gasteiger partial charge in [0.2, 0.25) is 0 Å². The first-order valence-electron chi connectivity index (χ1n) is 7.20. The van der Waals surface area contributed by atoms with Gasteiger partial charge in [-0.2, -0.15) is 0 Å². The van der Waals surface area contributed by atoms with Crippen molar-refractivity contribution in [3.63, 3.8) is 0 Å². The number of oxime groups is 1. The predicted octanol–water partition coefficient (Wildman–Crippen LogP) is 3.34. The summed E-state index contributed by atoms with van der Waals surface area (Å²) in [5.41, 5.74) is 1.96. The molecular formula is C16H19NO3. The Balaban J connectivity index is 2.14. The fourth-order valence-corrected chi connectivity index (χ4v) is 3.72. The van der Waals surface area contributed by atoms with E-state index in [0.29, 0.717) is 12.1 Å². The van der Waals surface area contributed by atoms with E-state index in [1.54, 1.807) is 0 Å². The second-order valence-corrected chi connectivity index (χ2v) is 5.62. The van der Waals surface area contributed by atoms with Gasteiger partial charge in [-0.15, -0.1) is 0 Å². The monoisotopic (exact) mass is 273 g/mol. The van der Waals surface area contributed by atoms with E-state index in [4.69, 9.17) is 4.74 Å². The lowest BCUT2D eigenvalue weighted by Gasteiger charge is -2.51. The van der Waals surface area contributed by atoms with Crippen LogP contribution in [-0.2, 0) is 15.1 Å². The van der Waals surface area contributed by atoms with E-state index in [0.717, 1.165) is 31.2 Å². The van der Waals surface area contributed by atoms with Gasteiger partial charge in [-0.25, -0.2) is 0 Å². The van der Waals surface area contributed by atoms with E-state index in [-0.39, 0.29) is 11.9 Å². The standard InChI is InChI=1S/C16H19NO3/c1-11(18)20-16-13(12-7-5-6-9-14(12)16)8-3-2-4-10-15(16)17-19/h5-7,9,13,19H,2-4,8,10H2,1H3/b17-15-. The molecule has 1 aromatic rings. The number of ether oxygens (including phenoxy) is 1. The maximum atomic E-state index is 11.6. The van der Waals surface area contributed by atoms with E-state index in [1.807, 2.05) is 18.2 Å². The molecule has 0 aromatic heterocycles. The summed E-state index contributed by atoms with van der Waals surface area (Å²) in [5.74, 6) is -0.208. The van der Waals surface area contributed by atoms with Crippen LogP contribution in [0.1, 0.15) is 56.1 Å². The van der Waals surface area contributed by atoms with Crippen molar-refractivity contribution in [1.82, 2.24) is 0 Å². The zero-order valence-corrected chi connectivity index (χ0v) is 11.6. The van der Waals surface area contributed by atoms with E-state index < -0.39 is 5.60 Å². The number of nitrogens with zero attached hydrogens (tertiary/aromatic N) is 1. The van der Waals surface area contributed by atoms with Gasteiger partial charge in [0.25, 0.3) is 0 Å². The third kappa shape index (κ3) is 1.74. The zero-order chi connectivity index (χ0) is 14.2. The molecule has 4 heteroatoms. The molecule has 2 atom stereocenters. The molecule has 1 fully saturated rings. The van der Waals surface area contributed by atoms with Crippen LogP contribution in [-0.4, -0.2) is 16.9 Å². The molecular weight excluding hydrogens is 254 g/mol. The molecule has 0 radical (unpaired) electrons. The quantitative estimate of drug-likeness (QED) is 0.485. The molecule has 0 saturated heterocycles. The maximum absolute atomic E-state index is 11.6. The molecule has 0 heterocycles. The Kier molecular flexibility index (Phi) is 3.24. The van der Waals surface area contributed by atoms with Crippen molar-refractivity contribution in [2.75, 3.05) is 0 Å². The minimum absolute atomic E-state index is 0.119. The number of fused-ring (bicyclic) bond motifs is 4. The lowest BCUT2D eigenvalue weighted by atomic mass is 9.58. The van der Waals surface area contributed by atoms with Crippen molar-refractivity contribution in [2.45, 2.75) is 50.5 Å². The van der Waals surface area contributed by atoms with Crippen molar-refractivity contribution in [3.05, 3.63) is 35.4 Å². The summed E-state index contributed by atoms with van der Waals surface area (Å²) in [7, 11) is 0. The predicted molar refractivity (Wildman–Crippen MR) is 74.9 cm³/mol. The number of carbonyl (C=O) groups excluding carboxylic acids is 1. The largest absolute Gasteiger partial charge is 0.447 e. The first-order chi connectivity index (χ1) is 9.70. The molecule has 106 valence electrons. The lowest BCUT2D eigenvalue weighted by Crippen LogP contribution is -2.53. The van der Waals surface area contributed by atoms with Crippen molar-refractivity contribution in [1.29, 1.82) is 0 Å². The van der Waals surface area contributed by atoms with Gasteiger partial charge < -0.3 is 9.94 Å². The summed E-state index contributed by atoms with van der Waals surface area (Å²) >= 11 is 0. The van der Waals surface area contributed by atoms with Crippen molar-refractivity contribution < 1.29 is 14.7 Å². The van der Waals surface area contributed by atoms with Crippen molar-refractivity contribution in [2.24, 2.45) is 5.16 Å². The molecule has 20 heavy (non-hydrogen) atoms. The highest BCUT2D eigenvalue weighted by atomic mass is 16.6. The Morgan fingerprint density at radius 2 is 2.15 bits per heavy atom. The van der Waals surface area contributed by atoms with Crippen LogP contribution in [0.5, 0.6) is 0 Å². The molecule has 1 N–H and O–H groups in total. The first kappa shape index (κ1) is 13.2. The molecule has 3 rings (SSSR count). The molecule has 0 amide bonds. The number of hydrogen-bond donors (Lipinski definition) is 1. The van der Waals surface area contributed by atoms with Crippen LogP contribution in [0.25, 0.3) is 0 Å². The van der Waals surface area contributed by atoms with Crippen LogP contribution >= 0.6 is 0 Å². The van der Waals surface area contributed by atoms with Crippen LogP contribution < -0.4 is 0 Å². The SMILES string of the molecule is CC(=O)OC12/C(=N\O)CCCCCC1c1ccccc12. The molecule has 1 saturated carbocycles. The number of rotatable bonds is 1. The minimum atomic E-state index is -0.836. The van der Waals surface area contributed by atoms with Crippen LogP contribution in [0.3, 0.4) is 0 Å². The summed E-state index contributed by atoms with van der Waals surface area (Å²) in [4.78, 5) is 11.6. The van der Waals surface area contributed by atoms with Crippen molar-refractivity contribution >= 4 is 11.7 Å². The zero-order valence-electron chi connectivity index (χ0n) is 11.6. The van der Waals surface area contributed by atoms with Crippen LogP contribution in [0.2, 0.25) is 0 Å². The average molecular weight is 273 g/mol. The Morgan fingerprint density at radius 1 is 1.35 bits per heavy atom.